The molecule has 0 aromatic rings. The molecule has 16 heavy (non-hydrogen) atoms. The van der Waals surface area contributed by atoms with Crippen LogP contribution in [0.15, 0.2) is 0 Å². The van der Waals surface area contributed by atoms with Crippen molar-refractivity contribution in [2.75, 3.05) is 13.2 Å². The zero-order valence-electron chi connectivity index (χ0n) is 9.19. The van der Waals surface area contributed by atoms with Gasteiger partial charge in [0.1, 0.15) is 5.25 Å². The van der Waals surface area contributed by atoms with Crippen molar-refractivity contribution in [3.05, 3.63) is 0 Å². The number of nitrogens with zero attached hydrogens (tertiary/aromatic N) is 1. The third-order valence-corrected chi connectivity index (χ3v) is 3.34. The Morgan fingerprint density at radius 3 is 2.94 bits per heavy atom. The molecule has 1 rings (SSSR count). The lowest BCUT2D eigenvalue weighted by atomic mass is 10.4. The van der Waals surface area contributed by atoms with Gasteiger partial charge in [0.15, 0.2) is 4.32 Å². The van der Waals surface area contributed by atoms with Crippen LogP contribution in [0.1, 0.15) is 20.3 Å². The highest BCUT2D eigenvalue weighted by Crippen LogP contribution is 2.18. The van der Waals surface area contributed by atoms with Gasteiger partial charge in [0.2, 0.25) is 5.91 Å². The summed E-state index contributed by atoms with van der Waals surface area (Å²) in [6, 6.07) is 0. The third-order valence-electron chi connectivity index (χ3n) is 1.94. The summed E-state index contributed by atoms with van der Waals surface area (Å²) in [5.74, 6) is -0.380. The van der Waals surface area contributed by atoms with Crippen molar-refractivity contribution in [2.24, 2.45) is 0 Å². The van der Waals surface area contributed by atoms with Crippen molar-refractivity contribution in [3.8, 4) is 0 Å². The first-order valence-electron chi connectivity index (χ1n) is 5.00. The maximum atomic E-state index is 11.3. The van der Waals surface area contributed by atoms with Crippen molar-refractivity contribution in [3.63, 3.8) is 0 Å². The number of esters is 1. The number of ether oxygens (including phenoxy) is 1. The first-order chi connectivity index (χ1) is 7.56. The van der Waals surface area contributed by atoms with Crippen molar-refractivity contribution in [1.82, 2.24) is 10.4 Å². The molecular formula is C9H14N2O3S2. The lowest BCUT2D eigenvalue weighted by Gasteiger charge is -2.18. The van der Waals surface area contributed by atoms with Crippen LogP contribution in [0, 0.1) is 0 Å². The summed E-state index contributed by atoms with van der Waals surface area (Å²) in [4.78, 5) is 22.7. The average Bonchev–Trinajstić information content (AvgIpc) is 2.64. The number of nitrogens with one attached hydrogen (secondary N) is 1. The van der Waals surface area contributed by atoms with Crippen LogP contribution in [0.4, 0.5) is 0 Å². The van der Waals surface area contributed by atoms with Gasteiger partial charge in [0, 0.05) is 13.0 Å². The predicted molar refractivity (Wildman–Crippen MR) is 65.7 cm³/mol. The summed E-state index contributed by atoms with van der Waals surface area (Å²) in [6.45, 7) is 4.39. The summed E-state index contributed by atoms with van der Waals surface area (Å²) in [6.07, 6.45) is 0.439. The zero-order chi connectivity index (χ0) is 12.1. The summed E-state index contributed by atoms with van der Waals surface area (Å²) in [5.41, 5.74) is 2.85. The number of carbonyl (C=O) groups is 2. The van der Waals surface area contributed by atoms with Crippen LogP contribution in [0.5, 0.6) is 0 Å². The smallest absolute Gasteiger partial charge is 0.319 e. The van der Waals surface area contributed by atoms with Crippen LogP contribution in [0.3, 0.4) is 0 Å². The van der Waals surface area contributed by atoms with Crippen LogP contribution in [-0.2, 0) is 14.3 Å². The summed E-state index contributed by atoms with van der Waals surface area (Å²) in [7, 11) is 0. The summed E-state index contributed by atoms with van der Waals surface area (Å²) in [5, 5.41) is 0.915. The molecule has 0 spiro atoms. The second kappa shape index (κ2) is 6.17. The van der Waals surface area contributed by atoms with E-state index in [9.17, 15) is 9.59 Å². The molecule has 0 bridgehead atoms. The van der Waals surface area contributed by atoms with Gasteiger partial charge in [-0.25, -0.2) is 10.4 Å². The molecule has 1 saturated heterocycles. The molecular weight excluding hydrogens is 248 g/mol. The normalized spacial score (nSPS) is 17.4. The van der Waals surface area contributed by atoms with Gasteiger partial charge in [-0.2, -0.15) is 0 Å². The number of carbonyl (C=O) groups excluding carboxylic acids is 2. The first kappa shape index (κ1) is 13.4. The SMILES string of the molecule is CCOC(=O)C(C)SC(=S)N1NCCC1=O. The number of thioether (sulfide) groups is 1. The van der Waals surface area contributed by atoms with E-state index in [1.54, 1.807) is 13.8 Å². The molecule has 0 saturated carbocycles. The van der Waals surface area contributed by atoms with Crippen LogP contribution < -0.4 is 5.43 Å². The van der Waals surface area contributed by atoms with E-state index < -0.39 is 5.25 Å². The molecule has 1 aliphatic heterocycles. The van der Waals surface area contributed by atoms with Gasteiger partial charge in [0.05, 0.1) is 6.61 Å². The lowest BCUT2D eigenvalue weighted by molar-refractivity contribution is -0.142. The highest BCUT2D eigenvalue weighted by molar-refractivity contribution is 8.23. The minimum atomic E-state index is -0.400. The maximum Gasteiger partial charge on any atom is 0.319 e. The predicted octanol–water partition coefficient (Wildman–Crippen LogP) is 0.693. The number of hydrazine groups is 1. The van der Waals surface area contributed by atoms with E-state index in [0.717, 1.165) is 11.8 Å². The Labute approximate surface area is 104 Å². The van der Waals surface area contributed by atoms with Gasteiger partial charge in [-0.05, 0) is 13.8 Å². The minimum Gasteiger partial charge on any atom is -0.465 e. The molecule has 0 aliphatic carbocycles. The molecule has 1 unspecified atom stereocenters. The lowest BCUT2D eigenvalue weighted by Crippen LogP contribution is -2.38. The molecule has 7 heteroatoms. The Balaban J connectivity index is 2.44. The fourth-order valence-corrected chi connectivity index (χ4v) is 2.49. The Hall–Kier alpha value is -0.660. The number of rotatable bonds is 3. The van der Waals surface area contributed by atoms with Gasteiger partial charge in [-0.1, -0.05) is 24.0 Å². The first-order valence-corrected chi connectivity index (χ1v) is 6.28. The van der Waals surface area contributed by atoms with Crippen molar-refractivity contribution in [1.29, 1.82) is 0 Å². The van der Waals surface area contributed by atoms with E-state index in [1.807, 2.05) is 0 Å². The van der Waals surface area contributed by atoms with Crippen molar-refractivity contribution < 1.29 is 14.3 Å². The summed E-state index contributed by atoms with van der Waals surface area (Å²) >= 11 is 6.22. The van der Waals surface area contributed by atoms with Gasteiger partial charge in [-0.15, -0.1) is 0 Å². The molecule has 0 aromatic heterocycles. The molecule has 1 fully saturated rings. The topological polar surface area (TPSA) is 58.6 Å². The molecule has 1 aliphatic rings. The minimum absolute atomic E-state index is 0.0615. The van der Waals surface area contributed by atoms with Crippen LogP contribution in [0.25, 0.3) is 0 Å². The quantitative estimate of drug-likeness (QED) is 0.596. The standard InChI is InChI=1S/C9H14N2O3S2/c1-3-14-8(13)6(2)16-9(15)11-7(12)4-5-10-11/h6,10H,3-5H2,1-2H3. The summed E-state index contributed by atoms with van der Waals surface area (Å²) < 4.78 is 5.21. The molecule has 1 atom stereocenters. The monoisotopic (exact) mass is 262 g/mol. The maximum absolute atomic E-state index is 11.3. The van der Waals surface area contributed by atoms with Gasteiger partial charge in [0.25, 0.3) is 0 Å². The fourth-order valence-electron chi connectivity index (χ4n) is 1.15. The zero-order valence-corrected chi connectivity index (χ0v) is 10.8. The Bertz CT molecular complexity index is 309. The molecule has 1 amide bonds. The Morgan fingerprint density at radius 1 is 1.75 bits per heavy atom. The second-order valence-corrected chi connectivity index (χ2v) is 5.14. The second-order valence-electron chi connectivity index (χ2n) is 3.17. The van der Waals surface area contributed by atoms with Crippen LogP contribution in [0.2, 0.25) is 0 Å². The molecule has 90 valence electrons. The van der Waals surface area contributed by atoms with Crippen molar-refractivity contribution in [2.45, 2.75) is 25.5 Å². The molecule has 5 nitrogen and oxygen atoms in total. The molecule has 1 N–H and O–H groups in total. The van der Waals surface area contributed by atoms with E-state index in [0.29, 0.717) is 23.9 Å². The Kier molecular flexibility index (Phi) is 5.17. The number of hydrogen-bond donors (Lipinski definition) is 1. The van der Waals surface area contributed by atoms with E-state index in [4.69, 9.17) is 17.0 Å². The number of hydrogen-bond acceptors (Lipinski definition) is 6. The molecule has 0 aromatic carbocycles. The van der Waals surface area contributed by atoms with E-state index in [2.05, 4.69) is 5.43 Å². The largest absolute Gasteiger partial charge is 0.465 e. The highest BCUT2D eigenvalue weighted by Gasteiger charge is 2.27. The van der Waals surface area contributed by atoms with Crippen LogP contribution in [-0.4, -0.2) is 39.6 Å². The van der Waals surface area contributed by atoms with Gasteiger partial charge < -0.3 is 4.74 Å². The fraction of sp³-hybridized carbons (Fsp3) is 0.667. The van der Waals surface area contributed by atoms with E-state index in [-0.39, 0.29) is 11.9 Å². The molecule has 1 heterocycles. The number of thiocarbonyl (C=S) groups is 1. The number of amides is 1. The van der Waals surface area contributed by atoms with Crippen LogP contribution >= 0.6 is 24.0 Å². The third kappa shape index (κ3) is 3.43. The van der Waals surface area contributed by atoms with Gasteiger partial charge >= 0.3 is 5.97 Å². The highest BCUT2D eigenvalue weighted by atomic mass is 32.2. The van der Waals surface area contributed by atoms with E-state index in [1.165, 1.54) is 5.01 Å². The molecule has 0 radical (unpaired) electrons. The van der Waals surface area contributed by atoms with Crippen molar-refractivity contribution >= 4 is 40.2 Å². The Morgan fingerprint density at radius 2 is 2.44 bits per heavy atom. The van der Waals surface area contributed by atoms with Gasteiger partial charge in [-0.3, -0.25) is 9.59 Å². The van der Waals surface area contributed by atoms with E-state index >= 15 is 0 Å². The average molecular weight is 262 g/mol.